The first-order valence-corrected chi connectivity index (χ1v) is 8.02. The first-order valence-electron chi connectivity index (χ1n) is 5.13. The van der Waals surface area contributed by atoms with E-state index in [1.807, 2.05) is 11.8 Å². The monoisotopic (exact) mass is 235 g/mol. The van der Waals surface area contributed by atoms with Crippen LogP contribution >= 0.6 is 11.8 Å². The minimum Gasteiger partial charge on any atom is -0.312 e. The predicted molar refractivity (Wildman–Crippen MR) is 66.4 cm³/mol. The van der Waals surface area contributed by atoms with Crippen molar-refractivity contribution in [2.45, 2.75) is 26.3 Å². The molecule has 14 heavy (non-hydrogen) atoms. The predicted octanol–water partition coefficient (Wildman–Crippen LogP) is 1.49. The standard InChI is InChI=1S/C10H21NOS2/c1-10(2)4-6-13-8-9(10)11-5-7-14(3)12/h9,11H,4-8H2,1-3H3. The summed E-state index contributed by atoms with van der Waals surface area (Å²) in [6.07, 6.45) is 3.05. The van der Waals surface area contributed by atoms with E-state index in [0.717, 1.165) is 12.3 Å². The van der Waals surface area contributed by atoms with Gasteiger partial charge in [0.2, 0.25) is 0 Å². The number of rotatable bonds is 4. The van der Waals surface area contributed by atoms with Crippen LogP contribution in [0.25, 0.3) is 0 Å². The molecule has 1 aliphatic rings. The highest BCUT2D eigenvalue weighted by atomic mass is 32.2. The van der Waals surface area contributed by atoms with E-state index in [0.29, 0.717) is 11.5 Å². The summed E-state index contributed by atoms with van der Waals surface area (Å²) in [4.78, 5) is 0. The van der Waals surface area contributed by atoms with Crippen molar-refractivity contribution in [3.05, 3.63) is 0 Å². The second kappa shape index (κ2) is 5.52. The summed E-state index contributed by atoms with van der Waals surface area (Å²) in [5.74, 6) is 3.26. The molecule has 1 fully saturated rings. The molecule has 0 spiro atoms. The Labute approximate surface area is 94.1 Å². The van der Waals surface area contributed by atoms with Crippen LogP contribution in [0.1, 0.15) is 20.3 Å². The van der Waals surface area contributed by atoms with E-state index in [1.54, 1.807) is 6.26 Å². The molecule has 0 radical (unpaired) electrons. The first kappa shape index (κ1) is 12.5. The fourth-order valence-electron chi connectivity index (χ4n) is 1.65. The highest BCUT2D eigenvalue weighted by Gasteiger charge is 2.31. The van der Waals surface area contributed by atoms with Crippen molar-refractivity contribution in [3.63, 3.8) is 0 Å². The van der Waals surface area contributed by atoms with E-state index >= 15 is 0 Å². The normalized spacial score (nSPS) is 28.6. The second-order valence-electron chi connectivity index (χ2n) is 4.60. The lowest BCUT2D eigenvalue weighted by atomic mass is 9.82. The van der Waals surface area contributed by atoms with Crippen molar-refractivity contribution in [2.75, 3.05) is 30.1 Å². The molecule has 0 saturated carbocycles. The minimum absolute atomic E-state index is 0.403. The molecule has 84 valence electrons. The third-order valence-corrected chi connectivity index (χ3v) is 4.74. The van der Waals surface area contributed by atoms with Crippen molar-refractivity contribution in [2.24, 2.45) is 5.41 Å². The Hall–Kier alpha value is 0.460. The topological polar surface area (TPSA) is 29.1 Å². The molecule has 1 heterocycles. The van der Waals surface area contributed by atoms with E-state index in [9.17, 15) is 4.21 Å². The van der Waals surface area contributed by atoms with Crippen LogP contribution < -0.4 is 5.32 Å². The summed E-state index contributed by atoms with van der Waals surface area (Å²) in [6, 6.07) is 0.588. The SMILES string of the molecule is CS(=O)CCNC1CSCCC1(C)C. The lowest BCUT2D eigenvalue weighted by molar-refractivity contribution is 0.250. The molecule has 0 aliphatic carbocycles. The molecule has 0 amide bonds. The molecule has 1 rings (SSSR count). The molecule has 2 atom stereocenters. The van der Waals surface area contributed by atoms with Gasteiger partial charge in [0.05, 0.1) is 0 Å². The minimum atomic E-state index is -0.664. The summed E-state index contributed by atoms with van der Waals surface area (Å²) < 4.78 is 10.9. The largest absolute Gasteiger partial charge is 0.312 e. The van der Waals surface area contributed by atoms with Gasteiger partial charge in [0, 0.05) is 41.1 Å². The van der Waals surface area contributed by atoms with E-state index < -0.39 is 10.8 Å². The first-order chi connectivity index (χ1) is 6.52. The maximum absolute atomic E-state index is 10.9. The zero-order valence-electron chi connectivity index (χ0n) is 9.34. The van der Waals surface area contributed by atoms with Gasteiger partial charge in [-0.1, -0.05) is 13.8 Å². The zero-order valence-corrected chi connectivity index (χ0v) is 11.0. The average Bonchev–Trinajstić information content (AvgIpc) is 2.07. The van der Waals surface area contributed by atoms with Crippen LogP contribution in [0, 0.1) is 5.41 Å². The summed E-state index contributed by atoms with van der Waals surface area (Å²) in [5, 5.41) is 3.53. The van der Waals surface area contributed by atoms with Crippen LogP contribution in [-0.2, 0) is 10.8 Å². The molecule has 0 aromatic rings. The van der Waals surface area contributed by atoms with Gasteiger partial charge >= 0.3 is 0 Å². The fraction of sp³-hybridized carbons (Fsp3) is 1.00. The summed E-state index contributed by atoms with van der Waals surface area (Å²) in [5.41, 5.74) is 0.403. The molecule has 0 bridgehead atoms. The zero-order chi connectivity index (χ0) is 10.6. The van der Waals surface area contributed by atoms with E-state index in [1.165, 1.54) is 17.9 Å². The number of thioether (sulfide) groups is 1. The fourth-order valence-corrected chi connectivity index (χ4v) is 3.70. The van der Waals surface area contributed by atoms with Gasteiger partial charge in [-0.15, -0.1) is 0 Å². The van der Waals surface area contributed by atoms with Gasteiger partial charge in [0.15, 0.2) is 0 Å². The van der Waals surface area contributed by atoms with Gasteiger partial charge in [-0.3, -0.25) is 4.21 Å². The molecule has 4 heteroatoms. The van der Waals surface area contributed by atoms with Crippen LogP contribution in [0.4, 0.5) is 0 Å². The van der Waals surface area contributed by atoms with Gasteiger partial charge in [-0.2, -0.15) is 11.8 Å². The Morgan fingerprint density at radius 1 is 1.57 bits per heavy atom. The van der Waals surface area contributed by atoms with Crippen molar-refractivity contribution < 1.29 is 4.21 Å². The molecule has 2 nitrogen and oxygen atoms in total. The maximum atomic E-state index is 10.9. The Kier molecular flexibility index (Phi) is 4.94. The summed E-state index contributed by atoms with van der Waals surface area (Å²) in [7, 11) is -0.664. The molecule has 1 aliphatic heterocycles. The van der Waals surface area contributed by atoms with Gasteiger partial charge < -0.3 is 5.32 Å². The Morgan fingerprint density at radius 2 is 2.29 bits per heavy atom. The third kappa shape index (κ3) is 3.91. The van der Waals surface area contributed by atoms with Gasteiger partial charge in [-0.05, 0) is 17.6 Å². The lowest BCUT2D eigenvalue weighted by Crippen LogP contribution is -2.47. The summed E-state index contributed by atoms with van der Waals surface area (Å²) in [6.45, 7) is 5.54. The van der Waals surface area contributed by atoms with E-state index in [2.05, 4.69) is 19.2 Å². The van der Waals surface area contributed by atoms with Gasteiger partial charge in [0.1, 0.15) is 0 Å². The molecule has 0 aromatic carbocycles. The molecular formula is C10H21NOS2. The molecule has 1 N–H and O–H groups in total. The third-order valence-electron chi connectivity index (χ3n) is 2.90. The van der Waals surface area contributed by atoms with Crippen molar-refractivity contribution >= 4 is 22.6 Å². The second-order valence-corrected chi connectivity index (χ2v) is 7.30. The smallest absolute Gasteiger partial charge is 0.0357 e. The van der Waals surface area contributed by atoms with Crippen LogP contribution in [-0.4, -0.2) is 40.3 Å². The number of hydrogen-bond donors (Lipinski definition) is 1. The highest BCUT2D eigenvalue weighted by Crippen LogP contribution is 2.33. The Bertz CT molecular complexity index is 206. The quantitative estimate of drug-likeness (QED) is 0.800. The van der Waals surface area contributed by atoms with Gasteiger partial charge in [0.25, 0.3) is 0 Å². The van der Waals surface area contributed by atoms with Crippen LogP contribution in [0.5, 0.6) is 0 Å². The van der Waals surface area contributed by atoms with Crippen LogP contribution in [0.15, 0.2) is 0 Å². The summed E-state index contributed by atoms with van der Waals surface area (Å²) >= 11 is 2.03. The molecule has 0 aromatic heterocycles. The Morgan fingerprint density at radius 3 is 2.86 bits per heavy atom. The van der Waals surface area contributed by atoms with Crippen molar-refractivity contribution in [3.8, 4) is 0 Å². The maximum Gasteiger partial charge on any atom is 0.0357 e. The number of hydrogen-bond acceptors (Lipinski definition) is 3. The average molecular weight is 235 g/mol. The van der Waals surface area contributed by atoms with Gasteiger partial charge in [-0.25, -0.2) is 0 Å². The Balaban J connectivity index is 2.31. The number of nitrogens with one attached hydrogen (secondary N) is 1. The molecule has 1 saturated heterocycles. The molecule has 2 unspecified atom stereocenters. The lowest BCUT2D eigenvalue weighted by Gasteiger charge is -2.38. The van der Waals surface area contributed by atoms with E-state index in [-0.39, 0.29) is 0 Å². The molecular weight excluding hydrogens is 214 g/mol. The highest BCUT2D eigenvalue weighted by molar-refractivity contribution is 7.99. The van der Waals surface area contributed by atoms with Crippen LogP contribution in [0.2, 0.25) is 0 Å². The van der Waals surface area contributed by atoms with Crippen molar-refractivity contribution in [1.82, 2.24) is 5.32 Å². The van der Waals surface area contributed by atoms with Crippen molar-refractivity contribution in [1.29, 1.82) is 0 Å². The van der Waals surface area contributed by atoms with E-state index in [4.69, 9.17) is 0 Å². The van der Waals surface area contributed by atoms with Crippen LogP contribution in [0.3, 0.4) is 0 Å².